The third-order valence-electron chi connectivity index (χ3n) is 2.90. The number of aromatic hydroxyl groups is 1. The van der Waals surface area contributed by atoms with E-state index < -0.39 is 11.7 Å². The van der Waals surface area contributed by atoms with E-state index in [0.29, 0.717) is 26.3 Å². The number of ether oxygens (including phenoxy) is 1. The summed E-state index contributed by atoms with van der Waals surface area (Å²) in [7, 11) is 0. The number of phenolic OH excluding ortho intramolecular Hbond substituents is 1. The molecule has 0 atom stereocenters. The van der Waals surface area contributed by atoms with Gasteiger partial charge in [-0.2, -0.15) is 13.2 Å². The number of alkyl halides is 3. The van der Waals surface area contributed by atoms with Crippen LogP contribution in [0.25, 0.3) is 0 Å². The van der Waals surface area contributed by atoms with Crippen LogP contribution in [0.4, 0.5) is 13.2 Å². The van der Waals surface area contributed by atoms with E-state index in [2.05, 4.69) is 0 Å². The van der Waals surface area contributed by atoms with Gasteiger partial charge in [-0.05, 0) is 17.7 Å². The molecule has 2 rings (SSSR count). The van der Waals surface area contributed by atoms with Crippen LogP contribution in [0.1, 0.15) is 11.1 Å². The third-order valence-corrected chi connectivity index (χ3v) is 2.90. The molecule has 0 radical (unpaired) electrons. The van der Waals surface area contributed by atoms with Crippen molar-refractivity contribution in [3.63, 3.8) is 0 Å². The lowest BCUT2D eigenvalue weighted by atomic mass is 10.1. The SMILES string of the molecule is Oc1ccc(CN2CCOCC2)c(C(F)(F)F)c1. The standard InChI is InChI=1S/C12H14F3NO2/c13-12(14,15)11-7-10(17)2-1-9(11)8-16-3-5-18-6-4-16/h1-2,7,17H,3-6,8H2. The molecule has 6 heteroatoms. The average Bonchev–Trinajstić information content (AvgIpc) is 2.31. The van der Waals surface area contributed by atoms with Crippen molar-refractivity contribution in [1.29, 1.82) is 0 Å². The zero-order chi connectivity index (χ0) is 13.2. The summed E-state index contributed by atoms with van der Waals surface area (Å²) in [5.41, 5.74) is -0.587. The van der Waals surface area contributed by atoms with E-state index in [1.807, 2.05) is 4.90 Å². The summed E-state index contributed by atoms with van der Waals surface area (Å²) >= 11 is 0. The summed E-state index contributed by atoms with van der Waals surface area (Å²) in [5.74, 6) is -0.368. The maximum atomic E-state index is 12.8. The summed E-state index contributed by atoms with van der Waals surface area (Å²) in [4.78, 5) is 1.91. The van der Waals surface area contributed by atoms with E-state index in [1.165, 1.54) is 12.1 Å². The highest BCUT2D eigenvalue weighted by molar-refractivity contribution is 5.36. The first-order chi connectivity index (χ1) is 8.47. The minimum Gasteiger partial charge on any atom is -0.508 e. The number of rotatable bonds is 2. The second-order valence-electron chi connectivity index (χ2n) is 4.23. The highest BCUT2D eigenvalue weighted by Crippen LogP contribution is 2.34. The Morgan fingerprint density at radius 2 is 1.89 bits per heavy atom. The number of hydrogen-bond donors (Lipinski definition) is 1. The van der Waals surface area contributed by atoms with E-state index in [9.17, 15) is 18.3 Å². The lowest BCUT2D eigenvalue weighted by molar-refractivity contribution is -0.138. The van der Waals surface area contributed by atoms with Crippen LogP contribution in [-0.4, -0.2) is 36.3 Å². The molecule has 1 aliphatic rings. The monoisotopic (exact) mass is 261 g/mol. The molecular formula is C12H14F3NO2. The van der Waals surface area contributed by atoms with Gasteiger partial charge in [-0.3, -0.25) is 4.90 Å². The van der Waals surface area contributed by atoms with Crippen molar-refractivity contribution in [3.05, 3.63) is 29.3 Å². The van der Waals surface area contributed by atoms with E-state index in [4.69, 9.17) is 4.74 Å². The summed E-state index contributed by atoms with van der Waals surface area (Å²) in [6, 6.07) is 3.38. The lowest BCUT2D eigenvalue weighted by Crippen LogP contribution is -2.36. The Balaban J connectivity index is 2.21. The van der Waals surface area contributed by atoms with E-state index in [1.54, 1.807) is 0 Å². The number of hydrogen-bond acceptors (Lipinski definition) is 3. The van der Waals surface area contributed by atoms with Gasteiger partial charge in [-0.1, -0.05) is 6.07 Å². The molecule has 0 bridgehead atoms. The molecular weight excluding hydrogens is 247 g/mol. The third kappa shape index (κ3) is 3.14. The Labute approximate surface area is 103 Å². The van der Waals surface area contributed by atoms with Gasteiger partial charge in [0.25, 0.3) is 0 Å². The molecule has 1 aromatic carbocycles. The zero-order valence-corrected chi connectivity index (χ0v) is 9.70. The van der Waals surface area contributed by atoms with Crippen LogP contribution in [0, 0.1) is 0 Å². The molecule has 0 aliphatic carbocycles. The molecule has 1 fully saturated rings. The molecule has 3 nitrogen and oxygen atoms in total. The average molecular weight is 261 g/mol. The Morgan fingerprint density at radius 3 is 2.50 bits per heavy atom. The van der Waals surface area contributed by atoms with Crippen molar-refractivity contribution in [2.24, 2.45) is 0 Å². The molecule has 1 heterocycles. The van der Waals surface area contributed by atoms with Crippen LogP contribution in [0.15, 0.2) is 18.2 Å². The fourth-order valence-corrected chi connectivity index (χ4v) is 1.97. The lowest BCUT2D eigenvalue weighted by Gasteiger charge is -2.27. The minimum absolute atomic E-state index is 0.183. The van der Waals surface area contributed by atoms with Gasteiger partial charge in [-0.25, -0.2) is 0 Å². The van der Waals surface area contributed by atoms with Gasteiger partial charge in [0.1, 0.15) is 5.75 Å². The van der Waals surface area contributed by atoms with Crippen molar-refractivity contribution >= 4 is 0 Å². The van der Waals surface area contributed by atoms with Crippen molar-refractivity contribution in [2.75, 3.05) is 26.3 Å². The number of benzene rings is 1. The summed E-state index contributed by atoms with van der Waals surface area (Å²) < 4.78 is 43.6. The number of nitrogens with zero attached hydrogens (tertiary/aromatic N) is 1. The van der Waals surface area contributed by atoms with Crippen molar-refractivity contribution in [1.82, 2.24) is 4.90 Å². The van der Waals surface area contributed by atoms with Gasteiger partial charge in [0.2, 0.25) is 0 Å². The topological polar surface area (TPSA) is 32.7 Å². The van der Waals surface area contributed by atoms with Crippen molar-refractivity contribution < 1.29 is 23.0 Å². The summed E-state index contributed by atoms with van der Waals surface area (Å²) in [6.45, 7) is 2.55. The first-order valence-electron chi connectivity index (χ1n) is 5.66. The molecule has 1 saturated heterocycles. The second kappa shape index (κ2) is 5.16. The summed E-state index contributed by atoms with van der Waals surface area (Å²) in [6.07, 6.45) is -4.44. The van der Waals surface area contributed by atoms with E-state index in [-0.39, 0.29) is 17.9 Å². The maximum absolute atomic E-state index is 12.8. The predicted molar refractivity (Wildman–Crippen MR) is 59.2 cm³/mol. The van der Waals surface area contributed by atoms with Crippen molar-refractivity contribution in [3.8, 4) is 5.75 Å². The molecule has 1 N–H and O–H groups in total. The van der Waals surface area contributed by atoms with Gasteiger partial charge >= 0.3 is 6.18 Å². The minimum atomic E-state index is -4.44. The fourth-order valence-electron chi connectivity index (χ4n) is 1.97. The van der Waals surface area contributed by atoms with Crippen LogP contribution in [0.3, 0.4) is 0 Å². The molecule has 0 spiro atoms. The first kappa shape index (κ1) is 13.2. The maximum Gasteiger partial charge on any atom is 0.416 e. The smallest absolute Gasteiger partial charge is 0.416 e. The Morgan fingerprint density at radius 1 is 1.22 bits per heavy atom. The number of morpholine rings is 1. The molecule has 0 amide bonds. The second-order valence-corrected chi connectivity index (χ2v) is 4.23. The normalized spacial score (nSPS) is 17.9. The van der Waals surface area contributed by atoms with Crippen LogP contribution in [0.2, 0.25) is 0 Å². The highest BCUT2D eigenvalue weighted by atomic mass is 19.4. The zero-order valence-electron chi connectivity index (χ0n) is 9.70. The van der Waals surface area contributed by atoms with Gasteiger partial charge in [0, 0.05) is 19.6 Å². The van der Waals surface area contributed by atoms with Crippen LogP contribution < -0.4 is 0 Å². The van der Waals surface area contributed by atoms with E-state index >= 15 is 0 Å². The van der Waals surface area contributed by atoms with Gasteiger partial charge < -0.3 is 9.84 Å². The number of phenols is 1. The first-order valence-corrected chi connectivity index (χ1v) is 5.66. The summed E-state index contributed by atoms with van der Waals surface area (Å²) in [5, 5.41) is 9.17. The Hall–Kier alpha value is -1.27. The van der Waals surface area contributed by atoms with Crippen molar-refractivity contribution in [2.45, 2.75) is 12.7 Å². The molecule has 1 aromatic rings. The molecule has 0 aromatic heterocycles. The molecule has 18 heavy (non-hydrogen) atoms. The largest absolute Gasteiger partial charge is 0.508 e. The molecule has 0 unspecified atom stereocenters. The van der Waals surface area contributed by atoms with Crippen LogP contribution in [-0.2, 0) is 17.5 Å². The predicted octanol–water partition coefficient (Wildman–Crippen LogP) is 2.24. The molecule has 1 aliphatic heterocycles. The van der Waals surface area contributed by atoms with Crippen LogP contribution in [0.5, 0.6) is 5.75 Å². The molecule has 100 valence electrons. The quantitative estimate of drug-likeness (QED) is 0.886. The Bertz CT molecular complexity index is 414. The Kier molecular flexibility index (Phi) is 3.77. The van der Waals surface area contributed by atoms with Gasteiger partial charge in [-0.15, -0.1) is 0 Å². The fraction of sp³-hybridized carbons (Fsp3) is 0.500. The molecule has 0 saturated carbocycles. The van der Waals surface area contributed by atoms with Gasteiger partial charge in [0.15, 0.2) is 0 Å². The number of halogens is 3. The van der Waals surface area contributed by atoms with Gasteiger partial charge in [0.05, 0.1) is 18.8 Å². The van der Waals surface area contributed by atoms with E-state index in [0.717, 1.165) is 6.07 Å². The van der Waals surface area contributed by atoms with Crippen LogP contribution >= 0.6 is 0 Å². The highest BCUT2D eigenvalue weighted by Gasteiger charge is 2.34.